The van der Waals surface area contributed by atoms with Crippen molar-refractivity contribution in [1.82, 2.24) is 25.5 Å². The summed E-state index contributed by atoms with van der Waals surface area (Å²) in [4.78, 5) is 13.0. The average Bonchev–Trinajstić information content (AvgIpc) is 3.23. The van der Waals surface area contributed by atoms with Crippen LogP contribution in [0.1, 0.15) is 55.1 Å². The first-order chi connectivity index (χ1) is 15.6. The van der Waals surface area contributed by atoms with Crippen molar-refractivity contribution in [2.24, 2.45) is 0 Å². The van der Waals surface area contributed by atoms with Gasteiger partial charge in [0.1, 0.15) is 23.4 Å². The van der Waals surface area contributed by atoms with Crippen molar-refractivity contribution in [3.05, 3.63) is 71.3 Å². The van der Waals surface area contributed by atoms with Crippen LogP contribution in [0.25, 0.3) is 0 Å². The monoisotopic (exact) mass is 437 g/mol. The Morgan fingerprint density at radius 3 is 2.62 bits per heavy atom. The van der Waals surface area contributed by atoms with Crippen LogP contribution < -0.4 is 10.1 Å². The first kappa shape index (κ1) is 21.9. The third-order valence-electron chi connectivity index (χ3n) is 5.82. The molecule has 0 aliphatic heterocycles. The predicted molar refractivity (Wildman–Crippen MR) is 117 cm³/mol. The zero-order chi connectivity index (χ0) is 22.3. The van der Waals surface area contributed by atoms with E-state index in [1.807, 2.05) is 24.3 Å². The van der Waals surface area contributed by atoms with Crippen molar-refractivity contribution < 1.29 is 13.9 Å². The molecule has 1 unspecified atom stereocenters. The van der Waals surface area contributed by atoms with E-state index in [0.29, 0.717) is 24.0 Å². The smallest absolute Gasteiger partial charge is 0.245 e. The Morgan fingerprint density at radius 1 is 1.16 bits per heavy atom. The molecule has 4 rings (SSSR count). The van der Waals surface area contributed by atoms with Crippen LogP contribution in [0.5, 0.6) is 5.75 Å². The van der Waals surface area contributed by atoms with Gasteiger partial charge in [-0.25, -0.2) is 9.07 Å². The third-order valence-corrected chi connectivity index (χ3v) is 5.82. The van der Waals surface area contributed by atoms with Gasteiger partial charge in [0, 0.05) is 13.0 Å². The predicted octanol–water partition coefficient (Wildman–Crippen LogP) is 3.93. The lowest BCUT2D eigenvalue weighted by atomic mass is 9.98. The lowest BCUT2D eigenvalue weighted by Gasteiger charge is -2.23. The van der Waals surface area contributed by atoms with E-state index in [4.69, 9.17) is 4.74 Å². The molecule has 168 valence electrons. The number of nitrogens with one attached hydrogen (secondary N) is 1. The number of amides is 1. The Balaban J connectivity index is 1.39. The van der Waals surface area contributed by atoms with Gasteiger partial charge < -0.3 is 10.1 Å². The van der Waals surface area contributed by atoms with Gasteiger partial charge in [-0.3, -0.25) is 4.79 Å². The number of hydrogen-bond acceptors (Lipinski definition) is 5. The van der Waals surface area contributed by atoms with Crippen LogP contribution in [0.2, 0.25) is 0 Å². The van der Waals surface area contributed by atoms with Crippen LogP contribution in [0.15, 0.2) is 48.5 Å². The molecule has 0 saturated heterocycles. The number of hydrogen-bond donors (Lipinski definition) is 1. The van der Waals surface area contributed by atoms with Crippen molar-refractivity contribution in [2.45, 2.75) is 64.1 Å². The van der Waals surface area contributed by atoms with Gasteiger partial charge in [0.15, 0.2) is 0 Å². The van der Waals surface area contributed by atoms with Gasteiger partial charge in [-0.05, 0) is 78.4 Å². The van der Waals surface area contributed by atoms with E-state index in [0.717, 1.165) is 24.2 Å². The van der Waals surface area contributed by atoms with Crippen LogP contribution in [0, 0.1) is 12.7 Å². The number of aryl methyl sites for hydroxylation is 1. The Labute approximate surface area is 187 Å². The first-order valence-electron chi connectivity index (χ1n) is 11.1. The number of nitrogens with zero attached hydrogens (tertiary/aromatic N) is 4. The fraction of sp³-hybridized carbons (Fsp3) is 0.417. The molecular formula is C24H28FN5O2. The largest absolute Gasteiger partial charge is 0.490 e. The Hall–Kier alpha value is -3.29. The molecule has 8 heteroatoms. The molecule has 1 fully saturated rings. The molecular weight excluding hydrogens is 409 g/mol. The maximum atomic E-state index is 13.6. The highest BCUT2D eigenvalue weighted by molar-refractivity contribution is 5.80. The Bertz CT molecular complexity index is 1030. The molecule has 3 aromatic rings. The average molecular weight is 438 g/mol. The molecule has 2 aromatic carbocycles. The highest BCUT2D eigenvalue weighted by Crippen LogP contribution is 2.23. The number of tetrazole rings is 1. The SMILES string of the molecule is Cc1nnnn1C(Cc1cccc(F)c1)C(=O)NCc1ccc(OC2CCCCC2)cc1. The number of benzene rings is 2. The summed E-state index contributed by atoms with van der Waals surface area (Å²) >= 11 is 0. The highest BCUT2D eigenvalue weighted by atomic mass is 19.1. The van der Waals surface area contributed by atoms with Crippen molar-refractivity contribution >= 4 is 5.91 Å². The van der Waals surface area contributed by atoms with Gasteiger partial charge in [0.25, 0.3) is 0 Å². The van der Waals surface area contributed by atoms with E-state index in [1.165, 1.54) is 36.1 Å². The van der Waals surface area contributed by atoms with Crippen molar-refractivity contribution in [2.75, 3.05) is 0 Å². The maximum absolute atomic E-state index is 13.6. The summed E-state index contributed by atoms with van der Waals surface area (Å²) in [6.07, 6.45) is 6.56. The highest BCUT2D eigenvalue weighted by Gasteiger charge is 2.24. The minimum atomic E-state index is -0.680. The molecule has 1 saturated carbocycles. The molecule has 1 atom stereocenters. The molecule has 32 heavy (non-hydrogen) atoms. The summed E-state index contributed by atoms with van der Waals surface area (Å²) in [6, 6.07) is 13.4. The summed E-state index contributed by atoms with van der Waals surface area (Å²) in [5.41, 5.74) is 1.66. The molecule has 0 spiro atoms. The normalized spacial score (nSPS) is 15.3. The lowest BCUT2D eigenvalue weighted by molar-refractivity contribution is -0.124. The Kier molecular flexibility index (Phi) is 7.09. The molecule has 0 bridgehead atoms. The van der Waals surface area contributed by atoms with Crippen LogP contribution in [0.4, 0.5) is 4.39 Å². The second-order valence-corrected chi connectivity index (χ2v) is 8.26. The number of ether oxygens (including phenoxy) is 1. The molecule has 7 nitrogen and oxygen atoms in total. The second-order valence-electron chi connectivity index (χ2n) is 8.26. The minimum Gasteiger partial charge on any atom is -0.490 e. The van der Waals surface area contributed by atoms with Gasteiger partial charge in [-0.2, -0.15) is 0 Å². The Morgan fingerprint density at radius 2 is 1.94 bits per heavy atom. The van der Waals surface area contributed by atoms with Gasteiger partial charge in [0.05, 0.1) is 6.10 Å². The zero-order valence-corrected chi connectivity index (χ0v) is 18.2. The maximum Gasteiger partial charge on any atom is 0.245 e. The van der Waals surface area contributed by atoms with E-state index in [-0.39, 0.29) is 18.1 Å². The van der Waals surface area contributed by atoms with Crippen molar-refractivity contribution in [1.29, 1.82) is 0 Å². The van der Waals surface area contributed by atoms with Gasteiger partial charge in [0.2, 0.25) is 5.91 Å². The number of aromatic nitrogens is 4. The third kappa shape index (κ3) is 5.69. The second kappa shape index (κ2) is 10.3. The van der Waals surface area contributed by atoms with E-state index in [9.17, 15) is 9.18 Å². The number of carbonyl (C=O) groups is 1. The van der Waals surface area contributed by atoms with Crippen molar-refractivity contribution in [3.63, 3.8) is 0 Å². The van der Waals surface area contributed by atoms with Crippen LogP contribution in [-0.2, 0) is 17.8 Å². The summed E-state index contributed by atoms with van der Waals surface area (Å²) in [6.45, 7) is 2.10. The molecule has 1 heterocycles. The number of halogens is 1. The van der Waals surface area contributed by atoms with Crippen LogP contribution >= 0.6 is 0 Å². The fourth-order valence-electron chi connectivity index (χ4n) is 4.07. The summed E-state index contributed by atoms with van der Waals surface area (Å²) in [5, 5.41) is 14.5. The quantitative estimate of drug-likeness (QED) is 0.577. The molecule has 1 N–H and O–H groups in total. The van der Waals surface area contributed by atoms with Crippen molar-refractivity contribution in [3.8, 4) is 5.75 Å². The first-order valence-corrected chi connectivity index (χ1v) is 11.1. The summed E-state index contributed by atoms with van der Waals surface area (Å²) in [5.74, 6) is 0.809. The summed E-state index contributed by atoms with van der Waals surface area (Å²) < 4.78 is 21.2. The standard InChI is InChI=1S/C24H28FN5O2/c1-17-27-28-29-30(17)23(15-19-6-5-7-20(25)14-19)24(31)26-16-18-10-12-22(13-11-18)32-21-8-3-2-4-9-21/h5-7,10-14,21,23H,2-4,8-9,15-16H2,1H3,(H,26,31). The molecule has 1 aliphatic rings. The van der Waals surface area contributed by atoms with Crippen LogP contribution in [0.3, 0.4) is 0 Å². The topological polar surface area (TPSA) is 81.9 Å². The zero-order valence-electron chi connectivity index (χ0n) is 18.2. The van der Waals surface area contributed by atoms with Crippen LogP contribution in [-0.4, -0.2) is 32.2 Å². The van der Waals surface area contributed by atoms with E-state index >= 15 is 0 Å². The molecule has 1 amide bonds. The molecule has 1 aliphatic carbocycles. The van der Waals surface area contributed by atoms with Gasteiger partial charge in [-0.1, -0.05) is 30.7 Å². The van der Waals surface area contributed by atoms with E-state index < -0.39 is 6.04 Å². The lowest BCUT2D eigenvalue weighted by Crippen LogP contribution is -2.34. The van der Waals surface area contributed by atoms with Gasteiger partial charge >= 0.3 is 0 Å². The summed E-state index contributed by atoms with van der Waals surface area (Å²) in [7, 11) is 0. The number of rotatable bonds is 8. The van der Waals surface area contributed by atoms with Gasteiger partial charge in [-0.15, -0.1) is 5.10 Å². The molecule has 0 radical (unpaired) electrons. The number of carbonyl (C=O) groups excluding carboxylic acids is 1. The van der Waals surface area contributed by atoms with E-state index in [2.05, 4.69) is 20.8 Å². The minimum absolute atomic E-state index is 0.229. The van der Waals surface area contributed by atoms with E-state index in [1.54, 1.807) is 19.1 Å². The fourth-order valence-corrected chi connectivity index (χ4v) is 4.07. The molecule has 1 aromatic heterocycles.